The molecular weight excluding hydrogens is 214 g/mol. The number of hydrogen-bond acceptors (Lipinski definition) is 2. The van der Waals surface area contributed by atoms with Gasteiger partial charge in [0, 0.05) is 18.2 Å². The molecule has 0 spiro atoms. The van der Waals surface area contributed by atoms with Crippen LogP contribution in [-0.4, -0.2) is 28.1 Å². The lowest BCUT2D eigenvalue weighted by Crippen LogP contribution is -2.39. The summed E-state index contributed by atoms with van der Waals surface area (Å²) in [6.45, 7) is 0.746. The van der Waals surface area contributed by atoms with E-state index in [9.17, 15) is 9.90 Å². The smallest absolute Gasteiger partial charge is 0.254 e. The predicted molar refractivity (Wildman–Crippen MR) is 64.6 cm³/mol. The van der Waals surface area contributed by atoms with Crippen LogP contribution in [0, 0.1) is 0 Å². The zero-order chi connectivity index (χ0) is 11.8. The molecule has 0 radical (unpaired) electrons. The Kier molecular flexibility index (Phi) is 2.63. The highest BCUT2D eigenvalue weighted by Gasteiger charge is 2.34. The Morgan fingerprint density at radius 1 is 1.12 bits per heavy atom. The van der Waals surface area contributed by atoms with Gasteiger partial charge in [-0.15, -0.1) is 0 Å². The summed E-state index contributed by atoms with van der Waals surface area (Å²) in [6, 6.07) is 8.17. The second kappa shape index (κ2) is 4.15. The molecule has 1 N–H and O–H groups in total. The van der Waals surface area contributed by atoms with Gasteiger partial charge in [0.05, 0.1) is 6.10 Å². The minimum atomic E-state index is -0.161. The molecule has 0 atom stereocenters. The van der Waals surface area contributed by atoms with E-state index in [1.54, 1.807) is 0 Å². The van der Waals surface area contributed by atoms with Crippen molar-refractivity contribution in [2.75, 3.05) is 0 Å². The Morgan fingerprint density at radius 3 is 2.53 bits per heavy atom. The van der Waals surface area contributed by atoms with Crippen molar-refractivity contribution in [2.24, 2.45) is 0 Å². The van der Waals surface area contributed by atoms with Crippen LogP contribution in [0.4, 0.5) is 0 Å². The van der Waals surface area contributed by atoms with Crippen LogP contribution in [0.15, 0.2) is 24.3 Å². The number of rotatable bonds is 1. The Balaban J connectivity index is 1.78. The lowest BCUT2D eigenvalue weighted by Gasteiger charge is -2.32. The van der Waals surface area contributed by atoms with E-state index in [4.69, 9.17) is 0 Å². The number of carbonyl (C=O) groups excluding carboxylic acids is 1. The van der Waals surface area contributed by atoms with Crippen LogP contribution in [0.2, 0.25) is 0 Å². The first-order chi connectivity index (χ1) is 8.25. The Hall–Kier alpha value is -1.35. The summed E-state index contributed by atoms with van der Waals surface area (Å²) in [5.41, 5.74) is 2.00. The molecule has 1 heterocycles. The minimum Gasteiger partial charge on any atom is -0.393 e. The number of aliphatic hydroxyl groups excluding tert-OH is 1. The molecule has 1 aromatic carbocycles. The third-order valence-corrected chi connectivity index (χ3v) is 3.96. The molecule has 1 aromatic rings. The van der Waals surface area contributed by atoms with E-state index < -0.39 is 0 Å². The summed E-state index contributed by atoms with van der Waals surface area (Å²) in [4.78, 5) is 14.2. The average molecular weight is 231 g/mol. The number of carbonyl (C=O) groups is 1. The fraction of sp³-hybridized carbons (Fsp3) is 0.500. The minimum absolute atomic E-state index is 0.161. The summed E-state index contributed by atoms with van der Waals surface area (Å²) < 4.78 is 0. The maximum absolute atomic E-state index is 12.2. The van der Waals surface area contributed by atoms with Gasteiger partial charge in [0.1, 0.15) is 0 Å². The molecule has 0 unspecified atom stereocenters. The number of fused-ring (bicyclic) bond motifs is 1. The molecule has 0 aromatic heterocycles. The van der Waals surface area contributed by atoms with Gasteiger partial charge in [0.15, 0.2) is 0 Å². The molecule has 1 amide bonds. The molecule has 0 saturated heterocycles. The van der Waals surface area contributed by atoms with E-state index in [0.29, 0.717) is 6.04 Å². The van der Waals surface area contributed by atoms with Crippen molar-refractivity contribution in [2.45, 2.75) is 44.4 Å². The van der Waals surface area contributed by atoms with Crippen LogP contribution < -0.4 is 0 Å². The number of amides is 1. The highest BCUT2D eigenvalue weighted by Crippen LogP contribution is 2.30. The van der Waals surface area contributed by atoms with Crippen LogP contribution in [0.1, 0.15) is 41.6 Å². The van der Waals surface area contributed by atoms with Crippen LogP contribution in [-0.2, 0) is 6.54 Å². The molecule has 17 heavy (non-hydrogen) atoms. The Morgan fingerprint density at radius 2 is 1.82 bits per heavy atom. The van der Waals surface area contributed by atoms with Crippen LogP contribution in [0.3, 0.4) is 0 Å². The second-order valence-electron chi connectivity index (χ2n) is 5.05. The molecule has 1 aliphatic carbocycles. The lowest BCUT2D eigenvalue weighted by atomic mass is 9.92. The fourth-order valence-corrected chi connectivity index (χ4v) is 2.94. The van der Waals surface area contributed by atoms with Gasteiger partial charge < -0.3 is 10.0 Å². The monoisotopic (exact) mass is 231 g/mol. The largest absolute Gasteiger partial charge is 0.393 e. The van der Waals surface area contributed by atoms with Gasteiger partial charge in [-0.2, -0.15) is 0 Å². The molecule has 3 heteroatoms. The van der Waals surface area contributed by atoms with E-state index in [1.165, 1.54) is 0 Å². The second-order valence-corrected chi connectivity index (χ2v) is 5.05. The number of hydrogen-bond donors (Lipinski definition) is 1. The van der Waals surface area contributed by atoms with Gasteiger partial charge in [-0.05, 0) is 37.3 Å². The van der Waals surface area contributed by atoms with Gasteiger partial charge in [-0.1, -0.05) is 18.2 Å². The molecule has 3 rings (SSSR count). The summed E-state index contributed by atoms with van der Waals surface area (Å²) in [6.07, 6.45) is 3.35. The molecule has 1 saturated carbocycles. The van der Waals surface area contributed by atoms with Crippen molar-refractivity contribution in [1.29, 1.82) is 0 Å². The zero-order valence-corrected chi connectivity index (χ0v) is 9.80. The average Bonchev–Trinajstić information content (AvgIpc) is 2.69. The number of nitrogens with zero attached hydrogens (tertiary/aromatic N) is 1. The molecule has 90 valence electrons. The van der Waals surface area contributed by atoms with Gasteiger partial charge in [-0.3, -0.25) is 4.79 Å². The van der Waals surface area contributed by atoms with Crippen molar-refractivity contribution in [3.63, 3.8) is 0 Å². The molecular formula is C14H17NO2. The maximum atomic E-state index is 12.2. The van der Waals surface area contributed by atoms with Crippen molar-refractivity contribution in [1.82, 2.24) is 4.90 Å². The van der Waals surface area contributed by atoms with Gasteiger partial charge in [-0.25, -0.2) is 0 Å². The molecule has 3 nitrogen and oxygen atoms in total. The van der Waals surface area contributed by atoms with Crippen LogP contribution in [0.25, 0.3) is 0 Å². The quantitative estimate of drug-likeness (QED) is 0.802. The summed E-state index contributed by atoms with van der Waals surface area (Å²) in [7, 11) is 0. The van der Waals surface area contributed by atoms with E-state index in [-0.39, 0.29) is 12.0 Å². The first-order valence-electron chi connectivity index (χ1n) is 6.32. The van der Waals surface area contributed by atoms with Crippen LogP contribution >= 0.6 is 0 Å². The summed E-state index contributed by atoms with van der Waals surface area (Å²) in [5.74, 6) is 0.169. The highest BCUT2D eigenvalue weighted by atomic mass is 16.3. The maximum Gasteiger partial charge on any atom is 0.254 e. The predicted octanol–water partition coefficient (Wildman–Crippen LogP) is 1.95. The normalized spacial score (nSPS) is 28.3. The standard InChI is InChI=1S/C14H17NO2/c16-12-7-5-11(6-8-12)15-9-10-3-1-2-4-13(10)14(15)17/h1-4,11-12,16H,5-9H2/t11-,12-. The number of benzene rings is 1. The van der Waals surface area contributed by atoms with E-state index in [0.717, 1.165) is 43.4 Å². The van der Waals surface area contributed by atoms with Crippen molar-refractivity contribution in [3.8, 4) is 0 Å². The zero-order valence-electron chi connectivity index (χ0n) is 9.80. The highest BCUT2D eigenvalue weighted by molar-refractivity contribution is 5.98. The third-order valence-electron chi connectivity index (χ3n) is 3.96. The van der Waals surface area contributed by atoms with E-state index in [2.05, 4.69) is 0 Å². The summed E-state index contributed by atoms with van der Waals surface area (Å²) >= 11 is 0. The van der Waals surface area contributed by atoms with Crippen molar-refractivity contribution >= 4 is 5.91 Å². The van der Waals surface area contributed by atoms with Crippen molar-refractivity contribution in [3.05, 3.63) is 35.4 Å². The Bertz CT molecular complexity index is 436. The van der Waals surface area contributed by atoms with Gasteiger partial charge in [0.25, 0.3) is 5.91 Å². The third kappa shape index (κ3) is 1.84. The SMILES string of the molecule is O=C1c2ccccc2CN1[C@H]1CC[C@H](O)CC1. The first kappa shape index (κ1) is 10.8. The lowest BCUT2D eigenvalue weighted by molar-refractivity contribution is 0.0519. The van der Waals surface area contributed by atoms with Crippen LogP contribution in [0.5, 0.6) is 0 Å². The first-order valence-corrected chi connectivity index (χ1v) is 6.32. The van der Waals surface area contributed by atoms with Crippen molar-refractivity contribution < 1.29 is 9.90 Å². The van der Waals surface area contributed by atoms with E-state index >= 15 is 0 Å². The molecule has 1 fully saturated rings. The molecule has 2 aliphatic rings. The van der Waals surface area contributed by atoms with Gasteiger partial charge >= 0.3 is 0 Å². The fourth-order valence-electron chi connectivity index (χ4n) is 2.94. The summed E-state index contributed by atoms with van der Waals surface area (Å²) in [5, 5.41) is 9.51. The molecule has 0 bridgehead atoms. The molecule has 1 aliphatic heterocycles. The van der Waals surface area contributed by atoms with E-state index in [1.807, 2.05) is 29.2 Å². The van der Waals surface area contributed by atoms with Gasteiger partial charge in [0.2, 0.25) is 0 Å². The topological polar surface area (TPSA) is 40.5 Å². The Labute approximate surface area is 101 Å². The number of aliphatic hydroxyl groups is 1.